The van der Waals surface area contributed by atoms with Crippen LogP contribution in [0.15, 0.2) is 4.90 Å². The molecule has 0 aliphatic carbocycles. The van der Waals surface area contributed by atoms with Crippen molar-refractivity contribution in [1.29, 1.82) is 0 Å². The Bertz CT molecular complexity index is 473. The fraction of sp³-hybridized carbons (Fsp3) is 0.571. The van der Waals surface area contributed by atoms with Gasteiger partial charge >= 0.3 is 0 Å². The highest BCUT2D eigenvalue weighted by atomic mass is 32.2. The van der Waals surface area contributed by atoms with Gasteiger partial charge in [0.25, 0.3) is 0 Å². The van der Waals surface area contributed by atoms with E-state index in [-0.39, 0.29) is 18.6 Å². The molecule has 0 bridgehead atoms. The molecule has 1 aromatic rings. The summed E-state index contributed by atoms with van der Waals surface area (Å²) in [5.41, 5.74) is 0. The Morgan fingerprint density at radius 2 is 1.43 bits per heavy atom. The van der Waals surface area contributed by atoms with E-state index in [0.29, 0.717) is 6.42 Å². The lowest BCUT2D eigenvalue weighted by Crippen LogP contribution is -2.08. The first-order valence-corrected chi connectivity index (χ1v) is 7.90. The Hall–Kier alpha value is -1.03. The molecule has 0 atom stereocenters. The van der Waals surface area contributed by atoms with E-state index >= 15 is 0 Å². The number of ether oxygens (including phenoxy) is 1. The minimum Gasteiger partial charge on any atom is -0.691 e. The maximum atomic E-state index is 13.7. The highest BCUT2D eigenvalue weighted by Crippen LogP contribution is 2.35. The number of rotatable bonds is 11. The quantitative estimate of drug-likeness (QED) is 0.148. The van der Waals surface area contributed by atoms with Crippen molar-refractivity contribution in [3.05, 3.63) is 23.3 Å². The van der Waals surface area contributed by atoms with Crippen molar-refractivity contribution < 1.29 is 36.9 Å². The summed E-state index contributed by atoms with van der Waals surface area (Å²) in [6.07, 6.45) is 5.50. The van der Waals surface area contributed by atoms with E-state index in [1.165, 1.54) is 0 Å². The van der Waals surface area contributed by atoms with Gasteiger partial charge in [0.15, 0.2) is 17.4 Å². The third-order valence-electron chi connectivity index (χ3n) is 3.07. The summed E-state index contributed by atoms with van der Waals surface area (Å²) in [7, 11) is 0. The van der Waals surface area contributed by atoms with E-state index in [4.69, 9.17) is 4.74 Å². The van der Waals surface area contributed by atoms with Gasteiger partial charge in [-0.15, -0.1) is 0 Å². The van der Waals surface area contributed by atoms with E-state index in [1.807, 2.05) is 0 Å². The zero-order valence-electron chi connectivity index (χ0n) is 12.5. The Morgan fingerprint density at radius 3 is 2.00 bits per heavy atom. The molecule has 0 heterocycles. The summed E-state index contributed by atoms with van der Waals surface area (Å²) in [5, 5.41) is 12.5. The molecule has 1 aromatic carbocycles. The van der Waals surface area contributed by atoms with Crippen molar-refractivity contribution in [3.63, 3.8) is 0 Å². The van der Waals surface area contributed by atoms with Gasteiger partial charge in [-0.25, -0.2) is 8.78 Å². The summed E-state index contributed by atoms with van der Waals surface area (Å²) in [4.78, 5) is -1.16. The van der Waals surface area contributed by atoms with Crippen LogP contribution in [0, 0.1) is 23.3 Å². The molecule has 0 saturated carbocycles. The molecule has 0 aromatic heterocycles. The van der Waals surface area contributed by atoms with Crippen LogP contribution in [0.2, 0.25) is 0 Å². The van der Waals surface area contributed by atoms with Gasteiger partial charge in [0.1, 0.15) is 4.90 Å². The van der Waals surface area contributed by atoms with Crippen molar-refractivity contribution in [2.75, 3.05) is 6.61 Å². The molecule has 0 unspecified atom stereocenters. The van der Waals surface area contributed by atoms with Gasteiger partial charge in [0.2, 0.25) is 11.6 Å². The van der Waals surface area contributed by atoms with Gasteiger partial charge in [-0.1, -0.05) is 39.0 Å². The smallest absolute Gasteiger partial charge is 0.205 e. The van der Waals surface area contributed by atoms with Crippen LogP contribution in [0.25, 0.3) is 0 Å². The lowest BCUT2D eigenvalue weighted by molar-refractivity contribution is -0.777. The first kappa shape index (κ1) is 20.0. The minimum atomic E-state index is -1.72. The highest BCUT2D eigenvalue weighted by molar-refractivity contribution is 7.94. The van der Waals surface area contributed by atoms with Gasteiger partial charge in [0.05, 0.1) is 18.6 Å². The summed E-state index contributed by atoms with van der Waals surface area (Å²) < 4.78 is 63.2. The van der Waals surface area contributed by atoms with Gasteiger partial charge < -0.3 is 9.99 Å². The molecule has 9 heteroatoms. The van der Waals surface area contributed by atoms with Gasteiger partial charge in [0, 0.05) is 0 Å². The SMILES string of the molecule is CCCCCCCCOc1c(F)c(F)c(SOO[O-])c(F)c1F. The van der Waals surface area contributed by atoms with Gasteiger partial charge in [-0.2, -0.15) is 13.1 Å². The van der Waals surface area contributed by atoms with E-state index in [2.05, 4.69) is 16.3 Å². The standard InChI is InChI=1S/C14H18F4O4S/c1-2-3-4-5-6-7-8-20-13-9(15)11(17)14(23-22-21-19)12(18)10(13)16/h19H,2-8H2,1H3/p-1. The Morgan fingerprint density at radius 1 is 0.870 bits per heavy atom. The van der Waals surface area contributed by atoms with Crippen LogP contribution in [0.5, 0.6) is 5.75 Å². The molecule has 0 aliphatic rings. The van der Waals surface area contributed by atoms with Crippen molar-refractivity contribution in [2.45, 2.75) is 50.3 Å². The third kappa shape index (κ3) is 5.83. The van der Waals surface area contributed by atoms with Crippen molar-refractivity contribution >= 4 is 12.0 Å². The first-order chi connectivity index (χ1) is 11.0. The average Bonchev–Trinajstić information content (AvgIpc) is 2.55. The average molecular weight is 357 g/mol. The largest absolute Gasteiger partial charge is 0.691 e. The Labute approximate surface area is 135 Å². The first-order valence-electron chi connectivity index (χ1n) is 7.16. The molecule has 0 N–H and O–H groups in total. The highest BCUT2D eigenvalue weighted by Gasteiger charge is 2.27. The number of hydrogen-bond donors (Lipinski definition) is 0. The predicted molar refractivity (Wildman–Crippen MR) is 73.2 cm³/mol. The van der Waals surface area contributed by atoms with Crippen LogP contribution in [-0.4, -0.2) is 6.61 Å². The van der Waals surface area contributed by atoms with Crippen LogP contribution in [0.3, 0.4) is 0 Å². The summed E-state index contributed by atoms with van der Waals surface area (Å²) >= 11 is -0.270. The number of halogens is 4. The van der Waals surface area contributed by atoms with E-state index in [9.17, 15) is 22.8 Å². The Kier molecular flexibility index (Phi) is 9.30. The molecule has 4 nitrogen and oxygen atoms in total. The minimum absolute atomic E-state index is 0.0640. The summed E-state index contributed by atoms with van der Waals surface area (Å²) in [6.45, 7) is 2.01. The molecule has 0 spiro atoms. The fourth-order valence-corrected chi connectivity index (χ4v) is 2.32. The van der Waals surface area contributed by atoms with Crippen LogP contribution >= 0.6 is 12.0 Å². The summed E-state index contributed by atoms with van der Waals surface area (Å²) in [6, 6.07) is 0. The van der Waals surface area contributed by atoms with Crippen LogP contribution in [0.4, 0.5) is 17.6 Å². The number of hydrogen-bond acceptors (Lipinski definition) is 5. The van der Waals surface area contributed by atoms with Crippen LogP contribution in [-0.2, 0) is 9.37 Å². The molecular weight excluding hydrogens is 340 g/mol. The molecule has 1 rings (SSSR count). The molecule has 0 aliphatic heterocycles. The third-order valence-corrected chi connectivity index (χ3v) is 3.72. The van der Waals surface area contributed by atoms with E-state index in [0.717, 1.165) is 32.1 Å². The van der Waals surface area contributed by atoms with Crippen molar-refractivity contribution in [3.8, 4) is 5.75 Å². The van der Waals surface area contributed by atoms with Crippen LogP contribution < -0.4 is 9.99 Å². The zero-order chi connectivity index (χ0) is 17.2. The normalized spacial score (nSPS) is 11.0. The number of benzene rings is 1. The van der Waals surface area contributed by atoms with E-state index in [1.54, 1.807) is 0 Å². The van der Waals surface area contributed by atoms with Gasteiger partial charge in [-0.05, 0) is 6.42 Å². The lowest BCUT2D eigenvalue weighted by Gasteiger charge is -2.12. The van der Waals surface area contributed by atoms with Crippen molar-refractivity contribution in [2.24, 2.45) is 0 Å². The maximum Gasteiger partial charge on any atom is 0.205 e. The molecule has 0 saturated heterocycles. The predicted octanol–water partition coefficient (Wildman–Crippen LogP) is 4.21. The second-order valence-corrected chi connectivity index (χ2v) is 5.46. The second kappa shape index (κ2) is 10.7. The fourth-order valence-electron chi connectivity index (χ4n) is 1.90. The Balaban J connectivity index is 2.65. The monoisotopic (exact) mass is 357 g/mol. The molecule has 0 amide bonds. The zero-order valence-corrected chi connectivity index (χ0v) is 13.3. The van der Waals surface area contributed by atoms with Crippen LogP contribution in [0.1, 0.15) is 45.4 Å². The molecular formula is C14H17F4O4S-. The molecule has 23 heavy (non-hydrogen) atoms. The topological polar surface area (TPSA) is 50.8 Å². The van der Waals surface area contributed by atoms with Crippen molar-refractivity contribution in [1.82, 2.24) is 0 Å². The summed E-state index contributed by atoms with van der Waals surface area (Å²) in [5.74, 6) is -7.94. The molecule has 0 radical (unpaired) electrons. The number of unbranched alkanes of at least 4 members (excludes halogenated alkanes) is 5. The maximum absolute atomic E-state index is 13.7. The molecule has 132 valence electrons. The lowest BCUT2D eigenvalue weighted by atomic mass is 10.1. The van der Waals surface area contributed by atoms with Gasteiger partial charge in [-0.3, -0.25) is 5.04 Å². The second-order valence-electron chi connectivity index (χ2n) is 4.75. The van der Waals surface area contributed by atoms with E-state index < -0.39 is 33.9 Å². The molecule has 0 fully saturated rings.